The largest absolute Gasteiger partial charge is 0.368 e. The lowest BCUT2D eigenvalue weighted by atomic mass is 10.2. The average Bonchev–Trinajstić information content (AvgIpc) is 1.79. The van der Waals surface area contributed by atoms with Crippen molar-refractivity contribution in [1.29, 1.82) is 0 Å². The SMILES string of the molecule is CC(=O)CC(C(N)=O)S(=O)(=O)O. The minimum absolute atomic E-state index is 0.531. The van der Waals surface area contributed by atoms with Crippen LogP contribution in [-0.4, -0.2) is 29.9 Å². The first-order chi connectivity index (χ1) is 5.25. The number of hydrogen-bond donors (Lipinski definition) is 2. The van der Waals surface area contributed by atoms with Gasteiger partial charge in [0, 0.05) is 6.42 Å². The maximum Gasteiger partial charge on any atom is 0.277 e. The first-order valence-corrected chi connectivity index (χ1v) is 4.50. The fourth-order valence-corrected chi connectivity index (χ4v) is 1.35. The summed E-state index contributed by atoms with van der Waals surface area (Å²) < 4.78 is 29.2. The Hall–Kier alpha value is -0.950. The lowest BCUT2D eigenvalue weighted by molar-refractivity contribution is -0.122. The molecule has 0 aromatic heterocycles. The van der Waals surface area contributed by atoms with Crippen molar-refractivity contribution in [2.75, 3.05) is 0 Å². The van der Waals surface area contributed by atoms with E-state index in [1.807, 2.05) is 0 Å². The van der Waals surface area contributed by atoms with Crippen molar-refractivity contribution >= 4 is 21.8 Å². The Kier molecular flexibility index (Phi) is 3.35. The number of rotatable bonds is 4. The molecule has 0 aromatic rings. The third kappa shape index (κ3) is 3.44. The molecular weight excluding hydrogens is 186 g/mol. The minimum Gasteiger partial charge on any atom is -0.368 e. The van der Waals surface area contributed by atoms with Crippen LogP contribution in [0.25, 0.3) is 0 Å². The van der Waals surface area contributed by atoms with Gasteiger partial charge in [-0.3, -0.25) is 14.1 Å². The van der Waals surface area contributed by atoms with Gasteiger partial charge in [-0.25, -0.2) is 0 Å². The molecule has 0 rings (SSSR count). The number of hydrogen-bond acceptors (Lipinski definition) is 4. The van der Waals surface area contributed by atoms with Crippen molar-refractivity contribution in [3.8, 4) is 0 Å². The van der Waals surface area contributed by atoms with E-state index in [4.69, 9.17) is 4.55 Å². The van der Waals surface area contributed by atoms with Crippen molar-refractivity contribution in [1.82, 2.24) is 0 Å². The molecule has 3 N–H and O–H groups in total. The van der Waals surface area contributed by atoms with Crippen LogP contribution in [-0.2, 0) is 19.7 Å². The molecule has 0 aliphatic carbocycles. The van der Waals surface area contributed by atoms with Crippen LogP contribution < -0.4 is 5.73 Å². The maximum atomic E-state index is 10.4. The van der Waals surface area contributed by atoms with E-state index in [0.29, 0.717) is 0 Å². The van der Waals surface area contributed by atoms with E-state index in [1.54, 1.807) is 0 Å². The summed E-state index contributed by atoms with van der Waals surface area (Å²) in [6.07, 6.45) is -0.589. The summed E-state index contributed by atoms with van der Waals surface area (Å²) in [4.78, 5) is 20.8. The molecule has 0 spiro atoms. The molecular formula is C5H9NO5S. The van der Waals surface area contributed by atoms with Crippen molar-refractivity contribution in [3.05, 3.63) is 0 Å². The van der Waals surface area contributed by atoms with E-state index in [2.05, 4.69) is 5.73 Å². The summed E-state index contributed by atoms with van der Waals surface area (Å²) in [6, 6.07) is 0. The molecule has 70 valence electrons. The van der Waals surface area contributed by atoms with Gasteiger partial charge in [0.2, 0.25) is 5.91 Å². The van der Waals surface area contributed by atoms with Gasteiger partial charge in [-0.15, -0.1) is 0 Å². The van der Waals surface area contributed by atoms with Gasteiger partial charge >= 0.3 is 0 Å². The molecule has 0 saturated heterocycles. The summed E-state index contributed by atoms with van der Waals surface area (Å²) in [5.74, 6) is -1.76. The molecule has 1 atom stereocenters. The molecule has 0 radical (unpaired) electrons. The fourth-order valence-electron chi connectivity index (χ4n) is 0.614. The zero-order chi connectivity index (χ0) is 9.94. The highest BCUT2D eigenvalue weighted by Gasteiger charge is 2.29. The number of ketones is 1. The number of Topliss-reactive ketones (excluding diaryl/α,β-unsaturated/α-hetero) is 1. The Balaban J connectivity index is 4.70. The van der Waals surface area contributed by atoms with Crippen molar-refractivity contribution in [3.63, 3.8) is 0 Å². The van der Waals surface area contributed by atoms with Crippen LogP contribution in [0.3, 0.4) is 0 Å². The van der Waals surface area contributed by atoms with Crippen LogP contribution in [0.15, 0.2) is 0 Å². The second-order valence-electron chi connectivity index (χ2n) is 2.31. The van der Waals surface area contributed by atoms with Gasteiger partial charge in [0.05, 0.1) is 0 Å². The summed E-state index contributed by atoms with van der Waals surface area (Å²) in [5, 5.41) is -1.82. The molecule has 7 heteroatoms. The first-order valence-electron chi connectivity index (χ1n) is 3.00. The highest BCUT2D eigenvalue weighted by Crippen LogP contribution is 2.03. The van der Waals surface area contributed by atoms with Crippen LogP contribution in [0.5, 0.6) is 0 Å². The summed E-state index contributed by atoms with van der Waals surface area (Å²) >= 11 is 0. The van der Waals surface area contributed by atoms with E-state index in [-0.39, 0.29) is 0 Å². The second kappa shape index (κ2) is 3.63. The predicted octanol–water partition coefficient (Wildman–Crippen LogP) is -1.29. The quantitative estimate of drug-likeness (QED) is 0.541. The Morgan fingerprint density at radius 1 is 1.50 bits per heavy atom. The molecule has 1 unspecified atom stereocenters. The molecule has 0 fully saturated rings. The van der Waals surface area contributed by atoms with E-state index in [9.17, 15) is 18.0 Å². The molecule has 0 aliphatic heterocycles. The van der Waals surface area contributed by atoms with Crippen LogP contribution >= 0.6 is 0 Å². The summed E-state index contributed by atoms with van der Waals surface area (Å²) in [6.45, 7) is 1.10. The van der Waals surface area contributed by atoms with Gasteiger partial charge in [-0.05, 0) is 6.92 Å². The Bertz CT molecular complexity index is 293. The van der Waals surface area contributed by atoms with Gasteiger partial charge in [0.15, 0.2) is 5.25 Å². The van der Waals surface area contributed by atoms with E-state index >= 15 is 0 Å². The van der Waals surface area contributed by atoms with Gasteiger partial charge in [0.1, 0.15) is 5.78 Å². The topological polar surface area (TPSA) is 115 Å². The molecule has 0 bridgehead atoms. The monoisotopic (exact) mass is 195 g/mol. The summed E-state index contributed by atoms with van der Waals surface area (Å²) in [7, 11) is -4.55. The number of primary amides is 1. The smallest absolute Gasteiger partial charge is 0.277 e. The second-order valence-corrected chi connectivity index (χ2v) is 3.91. The van der Waals surface area contributed by atoms with Crippen molar-refractivity contribution < 1.29 is 22.6 Å². The third-order valence-electron chi connectivity index (χ3n) is 1.15. The number of amides is 1. The van der Waals surface area contributed by atoms with E-state index in [1.165, 1.54) is 0 Å². The molecule has 12 heavy (non-hydrogen) atoms. The lowest BCUT2D eigenvalue weighted by Gasteiger charge is -2.06. The van der Waals surface area contributed by atoms with Crippen molar-refractivity contribution in [2.24, 2.45) is 5.73 Å². The van der Waals surface area contributed by atoms with Crippen LogP contribution in [0, 0.1) is 0 Å². The zero-order valence-corrected chi connectivity index (χ0v) is 7.17. The standard InChI is InChI=1S/C5H9NO5S/c1-3(7)2-4(5(6)8)12(9,10)11/h4H,2H2,1H3,(H2,6,8)(H,9,10,11). The van der Waals surface area contributed by atoms with Gasteiger partial charge in [0.25, 0.3) is 10.1 Å². The first kappa shape index (κ1) is 11.1. The predicted molar refractivity (Wildman–Crippen MR) is 39.8 cm³/mol. The highest BCUT2D eigenvalue weighted by molar-refractivity contribution is 7.87. The minimum atomic E-state index is -4.55. The lowest BCUT2D eigenvalue weighted by Crippen LogP contribution is -2.36. The average molecular weight is 195 g/mol. The number of carbonyl (C=O) groups excluding carboxylic acids is 2. The molecule has 0 saturated carbocycles. The van der Waals surface area contributed by atoms with Gasteiger partial charge < -0.3 is 5.73 Å². The highest BCUT2D eigenvalue weighted by atomic mass is 32.2. The third-order valence-corrected chi connectivity index (χ3v) is 2.27. The van der Waals surface area contributed by atoms with Crippen molar-refractivity contribution in [2.45, 2.75) is 18.6 Å². The van der Waals surface area contributed by atoms with Gasteiger partial charge in [-0.1, -0.05) is 0 Å². The van der Waals surface area contributed by atoms with Crippen LogP contribution in [0.1, 0.15) is 13.3 Å². The number of carbonyl (C=O) groups is 2. The van der Waals surface area contributed by atoms with E-state index in [0.717, 1.165) is 6.92 Å². The van der Waals surface area contributed by atoms with Gasteiger partial charge in [-0.2, -0.15) is 8.42 Å². The Morgan fingerprint density at radius 3 is 2.00 bits per heavy atom. The molecule has 0 heterocycles. The molecule has 6 nitrogen and oxygen atoms in total. The normalized spacial score (nSPS) is 13.8. The van der Waals surface area contributed by atoms with Crippen LogP contribution in [0.4, 0.5) is 0 Å². The molecule has 1 amide bonds. The molecule has 0 aliphatic rings. The fraction of sp³-hybridized carbons (Fsp3) is 0.600. The Morgan fingerprint density at radius 2 is 1.92 bits per heavy atom. The van der Waals surface area contributed by atoms with E-state index < -0.39 is 33.5 Å². The zero-order valence-electron chi connectivity index (χ0n) is 6.35. The maximum absolute atomic E-state index is 10.4. The number of nitrogens with two attached hydrogens (primary N) is 1. The Labute approximate surface area is 69.5 Å². The summed E-state index contributed by atoms with van der Waals surface area (Å²) in [5.41, 5.74) is 4.64. The van der Waals surface area contributed by atoms with Crippen LogP contribution in [0.2, 0.25) is 0 Å². The molecule has 0 aromatic carbocycles.